The number of sulfonamides is 1. The minimum Gasteiger partial charge on any atom is -0.322 e. The highest BCUT2D eigenvalue weighted by molar-refractivity contribution is 9.10. The van der Waals surface area contributed by atoms with Crippen LogP contribution < -0.4 is 10.0 Å². The van der Waals surface area contributed by atoms with Crippen molar-refractivity contribution in [3.8, 4) is 11.3 Å². The van der Waals surface area contributed by atoms with E-state index >= 15 is 0 Å². The van der Waals surface area contributed by atoms with Gasteiger partial charge >= 0.3 is 0 Å². The van der Waals surface area contributed by atoms with Crippen LogP contribution in [0.5, 0.6) is 0 Å². The predicted octanol–water partition coefficient (Wildman–Crippen LogP) is 5.22. The van der Waals surface area contributed by atoms with Crippen molar-refractivity contribution in [1.29, 1.82) is 0 Å². The van der Waals surface area contributed by atoms with E-state index in [1.165, 1.54) is 0 Å². The number of halogens is 1. The van der Waals surface area contributed by atoms with E-state index < -0.39 is 10.0 Å². The number of benzene rings is 2. The number of rotatable bonds is 7. The van der Waals surface area contributed by atoms with Gasteiger partial charge in [-0.2, -0.15) is 0 Å². The van der Waals surface area contributed by atoms with Crippen LogP contribution in [0.1, 0.15) is 29.4 Å². The summed E-state index contributed by atoms with van der Waals surface area (Å²) in [6, 6.07) is 17.9. The lowest BCUT2D eigenvalue weighted by atomic mass is 10.1. The molecule has 0 bridgehead atoms. The highest BCUT2D eigenvalue weighted by Gasteiger charge is 2.13. The molecule has 6 nitrogen and oxygen atoms in total. The van der Waals surface area contributed by atoms with E-state index in [4.69, 9.17) is 0 Å². The Hall–Kier alpha value is -2.71. The Kier molecular flexibility index (Phi) is 6.89. The second kappa shape index (κ2) is 9.40. The molecule has 0 aliphatic carbocycles. The third kappa shape index (κ3) is 5.67. The summed E-state index contributed by atoms with van der Waals surface area (Å²) in [5, 5.41) is 2.82. The Bertz CT molecular complexity index is 1160. The quantitative estimate of drug-likeness (QED) is 0.477. The van der Waals surface area contributed by atoms with Crippen molar-refractivity contribution < 1.29 is 13.2 Å². The van der Waals surface area contributed by atoms with Gasteiger partial charge in [-0.1, -0.05) is 35.0 Å². The third-order valence-corrected chi connectivity index (χ3v) is 6.33. The molecule has 1 aromatic heterocycles. The Morgan fingerprint density at radius 1 is 1.03 bits per heavy atom. The van der Waals surface area contributed by atoms with Crippen molar-refractivity contribution >= 4 is 43.2 Å². The van der Waals surface area contributed by atoms with Gasteiger partial charge in [-0.15, -0.1) is 0 Å². The lowest BCUT2D eigenvalue weighted by Gasteiger charge is -2.11. The van der Waals surface area contributed by atoms with Gasteiger partial charge in [-0.05, 0) is 61.9 Å². The number of aromatic nitrogens is 1. The van der Waals surface area contributed by atoms with Crippen LogP contribution in [0.4, 0.5) is 11.4 Å². The van der Waals surface area contributed by atoms with Gasteiger partial charge in [0.2, 0.25) is 10.0 Å². The van der Waals surface area contributed by atoms with Crippen LogP contribution in [0, 0.1) is 6.92 Å². The van der Waals surface area contributed by atoms with Crippen molar-refractivity contribution in [2.45, 2.75) is 20.3 Å². The van der Waals surface area contributed by atoms with Gasteiger partial charge in [0.25, 0.3) is 5.91 Å². The van der Waals surface area contributed by atoms with Crippen LogP contribution in [-0.2, 0) is 10.0 Å². The highest BCUT2D eigenvalue weighted by Crippen LogP contribution is 2.23. The molecule has 0 saturated carbocycles. The summed E-state index contributed by atoms with van der Waals surface area (Å²) in [5.74, 6) is -0.214. The Morgan fingerprint density at radius 3 is 2.37 bits per heavy atom. The lowest BCUT2D eigenvalue weighted by Crippen LogP contribution is -2.16. The molecule has 0 fully saturated rings. The first-order valence-electron chi connectivity index (χ1n) is 9.43. The molecule has 0 aliphatic heterocycles. The molecule has 30 heavy (non-hydrogen) atoms. The van der Waals surface area contributed by atoms with Crippen LogP contribution in [0.3, 0.4) is 0 Å². The van der Waals surface area contributed by atoms with Gasteiger partial charge in [-0.25, -0.2) is 8.42 Å². The number of carbonyl (C=O) groups excluding carboxylic acids is 1. The monoisotopic (exact) mass is 487 g/mol. The number of amides is 1. The second-order valence-corrected chi connectivity index (χ2v) is 9.55. The van der Waals surface area contributed by atoms with E-state index in [-0.39, 0.29) is 11.7 Å². The summed E-state index contributed by atoms with van der Waals surface area (Å²) in [4.78, 5) is 17.2. The average Bonchev–Trinajstić information content (AvgIpc) is 2.69. The zero-order valence-corrected chi connectivity index (χ0v) is 19.0. The molecule has 0 aliphatic rings. The molecule has 8 heteroatoms. The molecule has 156 valence electrons. The maximum absolute atomic E-state index is 12.7. The topological polar surface area (TPSA) is 88.2 Å². The second-order valence-electron chi connectivity index (χ2n) is 6.79. The maximum Gasteiger partial charge on any atom is 0.257 e. The zero-order chi connectivity index (χ0) is 21.7. The zero-order valence-electron chi connectivity index (χ0n) is 16.6. The summed E-state index contributed by atoms with van der Waals surface area (Å²) < 4.78 is 27.2. The van der Waals surface area contributed by atoms with Gasteiger partial charge in [-0.3, -0.25) is 14.5 Å². The van der Waals surface area contributed by atoms with Gasteiger partial charge in [0, 0.05) is 21.4 Å². The molecule has 0 atom stereocenters. The molecule has 3 aromatic rings. The molecule has 0 unspecified atom stereocenters. The normalized spacial score (nSPS) is 11.2. The number of hydrogen-bond acceptors (Lipinski definition) is 4. The van der Waals surface area contributed by atoms with Gasteiger partial charge < -0.3 is 5.32 Å². The first-order chi connectivity index (χ1) is 14.3. The van der Waals surface area contributed by atoms with Crippen LogP contribution in [0.25, 0.3) is 11.3 Å². The maximum atomic E-state index is 12.7. The molecule has 2 N–H and O–H groups in total. The van der Waals surface area contributed by atoms with Crippen molar-refractivity contribution in [2.24, 2.45) is 0 Å². The number of nitrogens with zero attached hydrogens (tertiary/aromatic N) is 1. The van der Waals surface area contributed by atoms with E-state index in [9.17, 15) is 13.2 Å². The fourth-order valence-electron chi connectivity index (χ4n) is 2.93. The van der Waals surface area contributed by atoms with Crippen LogP contribution in [0.15, 0.2) is 65.1 Å². The Labute approximate surface area is 184 Å². The number of hydrogen-bond donors (Lipinski definition) is 2. The van der Waals surface area contributed by atoms with Crippen molar-refractivity contribution in [3.05, 3.63) is 76.4 Å². The number of carbonyl (C=O) groups is 1. The summed E-state index contributed by atoms with van der Waals surface area (Å²) in [5.41, 5.74) is 3.86. The summed E-state index contributed by atoms with van der Waals surface area (Å²) in [6.07, 6.45) is 0.539. The number of nitrogens with one attached hydrogen (secondary N) is 2. The first-order valence-corrected chi connectivity index (χ1v) is 11.9. The minimum atomic E-state index is -3.35. The summed E-state index contributed by atoms with van der Waals surface area (Å²) >= 11 is 3.45. The molecule has 0 saturated heterocycles. The molecular formula is C22H22BrN3O3S. The van der Waals surface area contributed by atoms with Crippen LogP contribution in [0.2, 0.25) is 0 Å². The highest BCUT2D eigenvalue weighted by atomic mass is 79.9. The minimum absolute atomic E-state index is 0.0632. The number of anilines is 2. The van der Waals surface area contributed by atoms with E-state index in [2.05, 4.69) is 31.0 Å². The van der Waals surface area contributed by atoms with Crippen molar-refractivity contribution in [2.75, 3.05) is 15.8 Å². The fourth-order valence-corrected chi connectivity index (χ4v) is 4.46. The molecule has 1 heterocycles. The SMILES string of the molecule is CCCS(=O)(=O)Nc1ccc(NC(=O)c2ccc(-c3cccc(Br)c3)nc2C)cc1. The third-order valence-electron chi connectivity index (χ3n) is 4.34. The van der Waals surface area contributed by atoms with Gasteiger partial charge in [0.15, 0.2) is 0 Å². The van der Waals surface area contributed by atoms with E-state index in [1.807, 2.05) is 30.3 Å². The summed E-state index contributed by atoms with van der Waals surface area (Å²) in [7, 11) is -3.35. The first kappa shape index (κ1) is 22.0. The molecule has 0 radical (unpaired) electrons. The molecule has 1 amide bonds. The number of pyridine rings is 1. The largest absolute Gasteiger partial charge is 0.322 e. The van der Waals surface area contributed by atoms with E-state index in [0.717, 1.165) is 15.7 Å². The predicted molar refractivity (Wildman–Crippen MR) is 124 cm³/mol. The fraction of sp³-hybridized carbons (Fsp3) is 0.182. The summed E-state index contributed by atoms with van der Waals surface area (Å²) in [6.45, 7) is 3.60. The standard InChI is InChI=1S/C22H22BrN3O3S/c1-3-13-30(28,29)26-19-9-7-18(8-10-19)25-22(27)20-11-12-21(24-15(20)2)16-5-4-6-17(23)14-16/h4-12,14,26H,3,13H2,1-2H3,(H,25,27). The van der Waals surface area contributed by atoms with Gasteiger partial charge in [0.1, 0.15) is 0 Å². The van der Waals surface area contributed by atoms with Crippen molar-refractivity contribution in [1.82, 2.24) is 4.98 Å². The van der Waals surface area contributed by atoms with E-state index in [0.29, 0.717) is 29.1 Å². The molecule has 0 spiro atoms. The number of aryl methyl sites for hydroxylation is 1. The molecule has 3 rings (SSSR count). The lowest BCUT2D eigenvalue weighted by molar-refractivity contribution is 0.102. The smallest absolute Gasteiger partial charge is 0.257 e. The van der Waals surface area contributed by atoms with Crippen LogP contribution in [-0.4, -0.2) is 25.1 Å². The van der Waals surface area contributed by atoms with Crippen LogP contribution >= 0.6 is 15.9 Å². The van der Waals surface area contributed by atoms with E-state index in [1.54, 1.807) is 44.2 Å². The Morgan fingerprint density at radius 2 is 1.73 bits per heavy atom. The Balaban J connectivity index is 1.71. The van der Waals surface area contributed by atoms with Gasteiger partial charge in [0.05, 0.1) is 22.7 Å². The average molecular weight is 488 g/mol. The molecular weight excluding hydrogens is 466 g/mol. The van der Waals surface area contributed by atoms with Crippen molar-refractivity contribution in [3.63, 3.8) is 0 Å². The molecule has 2 aromatic carbocycles.